The Hall–Kier alpha value is -5.92. The van der Waals surface area contributed by atoms with Crippen LogP contribution in [0.1, 0.15) is 63.0 Å². The fraction of sp³-hybridized carbons (Fsp3) is 0.636. The van der Waals surface area contributed by atoms with Gasteiger partial charge in [-0.25, -0.2) is 4.79 Å². The summed E-state index contributed by atoms with van der Waals surface area (Å²) < 4.78 is 28.2. The lowest BCUT2D eigenvalue weighted by atomic mass is 9.48. The molecular weight excluding hydrogens is 1010 g/mol. The molecule has 2 amide bonds. The summed E-state index contributed by atoms with van der Waals surface area (Å²) in [7, 11) is 3.06. The zero-order valence-corrected chi connectivity index (χ0v) is 45.8. The number of carbonyl (C=O) groups excluding carboxylic acids is 2. The third-order valence-corrected chi connectivity index (χ3v) is 15.4. The molecule has 0 unspecified atom stereocenters. The smallest absolute Gasteiger partial charge is 0.330 e. The van der Waals surface area contributed by atoms with Gasteiger partial charge in [-0.15, -0.1) is 0 Å². The number of methoxy groups -OCH3 is 2. The first kappa shape index (κ1) is 61.3. The van der Waals surface area contributed by atoms with Gasteiger partial charge in [0.2, 0.25) is 5.91 Å². The van der Waals surface area contributed by atoms with Gasteiger partial charge in [-0.3, -0.25) is 44.2 Å². The topological polar surface area (TPSA) is 297 Å². The molecule has 0 radical (unpaired) electrons. The normalized spacial score (nSPS) is 22.5. The van der Waals surface area contributed by atoms with Gasteiger partial charge in [-0.2, -0.15) is 0 Å². The number of hydrogen-bond acceptors (Lipinski definition) is 18. The maximum Gasteiger partial charge on any atom is 0.330 e. The number of carbonyl (C=O) groups is 5. The van der Waals surface area contributed by atoms with Gasteiger partial charge in [0.1, 0.15) is 29.5 Å². The zero-order valence-electron chi connectivity index (χ0n) is 45.8. The summed E-state index contributed by atoms with van der Waals surface area (Å²) in [5, 5.41) is 60.6. The molecule has 0 spiro atoms. The summed E-state index contributed by atoms with van der Waals surface area (Å²) in [6, 6.07) is 11.2. The third kappa shape index (κ3) is 17.5. The van der Waals surface area contributed by atoms with Crippen LogP contribution in [-0.2, 0) is 38.2 Å². The first-order chi connectivity index (χ1) is 37.5. The lowest BCUT2D eigenvalue weighted by Gasteiger charge is -2.59. The largest absolute Gasteiger partial charge is 0.496 e. The van der Waals surface area contributed by atoms with Crippen molar-refractivity contribution in [3.05, 3.63) is 53.6 Å². The van der Waals surface area contributed by atoms with Crippen molar-refractivity contribution >= 4 is 52.5 Å². The summed E-state index contributed by atoms with van der Waals surface area (Å²) in [4.78, 5) is 71.0. The van der Waals surface area contributed by atoms with Crippen molar-refractivity contribution in [1.82, 2.24) is 30.2 Å². The molecule has 23 heteroatoms. The molecule has 4 aliphatic carbocycles. The first-order valence-corrected chi connectivity index (χ1v) is 27.2. The third-order valence-electron chi connectivity index (χ3n) is 15.4. The molecule has 0 aromatic heterocycles. The van der Waals surface area contributed by atoms with Crippen LogP contribution >= 0.6 is 0 Å². The van der Waals surface area contributed by atoms with Gasteiger partial charge in [-0.05, 0) is 104 Å². The number of carboxylic acid groups (broad SMARTS) is 3. The number of anilines is 2. The van der Waals surface area contributed by atoms with Crippen LogP contribution in [0.15, 0.2) is 42.5 Å². The Bertz CT molecular complexity index is 2320. The Kier molecular flexibility index (Phi) is 23.9. The summed E-state index contributed by atoms with van der Waals surface area (Å²) in [6.45, 7) is 9.78. The molecule has 7 rings (SSSR count). The summed E-state index contributed by atoms with van der Waals surface area (Å²) in [5.41, 5.74) is 1.54. The van der Waals surface area contributed by atoms with Crippen LogP contribution in [0, 0.1) is 29.1 Å². The quantitative estimate of drug-likeness (QED) is 0.0309. The molecule has 9 N–H and O–H groups in total. The molecule has 432 valence electrons. The maximum absolute atomic E-state index is 14.0. The minimum absolute atomic E-state index is 0.0406. The van der Waals surface area contributed by atoms with Crippen LogP contribution < -0.4 is 30.7 Å². The van der Waals surface area contributed by atoms with E-state index in [4.69, 9.17) is 34.2 Å². The second-order valence-electron chi connectivity index (χ2n) is 21.0. The van der Waals surface area contributed by atoms with Gasteiger partial charge in [0.05, 0.1) is 78.1 Å². The molecule has 1 aliphatic heterocycles. The Morgan fingerprint density at radius 3 is 1.76 bits per heavy atom. The molecule has 5 fully saturated rings. The summed E-state index contributed by atoms with van der Waals surface area (Å²) in [5.74, 6) is -2.40. The fourth-order valence-corrected chi connectivity index (χ4v) is 11.7. The lowest BCUT2D eigenvalue weighted by Crippen LogP contribution is -2.70. The van der Waals surface area contributed by atoms with Crippen molar-refractivity contribution in [2.75, 3.05) is 156 Å². The molecule has 4 saturated carbocycles. The Labute approximate surface area is 457 Å². The second-order valence-corrected chi connectivity index (χ2v) is 21.0. The molecule has 2 aromatic rings. The van der Waals surface area contributed by atoms with Gasteiger partial charge < -0.3 is 65.4 Å². The van der Waals surface area contributed by atoms with E-state index in [2.05, 4.69) is 40.0 Å². The van der Waals surface area contributed by atoms with Crippen molar-refractivity contribution in [3.63, 3.8) is 0 Å². The van der Waals surface area contributed by atoms with Crippen LogP contribution in [0.5, 0.6) is 11.5 Å². The number of aliphatic hydroxyl groups is 1. The second kappa shape index (κ2) is 30.4. The fourth-order valence-electron chi connectivity index (χ4n) is 11.7. The predicted molar refractivity (Wildman–Crippen MR) is 292 cm³/mol. The number of carboxylic acids is 3. The van der Waals surface area contributed by atoms with Crippen LogP contribution in [0.4, 0.5) is 11.4 Å². The number of benzene rings is 2. The Morgan fingerprint density at radius 1 is 0.705 bits per heavy atom. The van der Waals surface area contributed by atoms with Crippen molar-refractivity contribution in [3.8, 4) is 11.5 Å². The van der Waals surface area contributed by atoms with E-state index in [1.165, 1.54) is 20.3 Å². The van der Waals surface area contributed by atoms with Crippen molar-refractivity contribution in [1.29, 1.82) is 5.41 Å². The van der Waals surface area contributed by atoms with Crippen LogP contribution in [0.3, 0.4) is 0 Å². The number of aliphatic hydroxyl groups excluding tert-OH is 1. The highest BCUT2D eigenvalue weighted by atomic mass is 16.6. The van der Waals surface area contributed by atoms with E-state index in [0.717, 1.165) is 49.0 Å². The minimum atomic E-state index is -1.41. The number of ether oxygens (including phenoxy) is 5. The number of hydrogen-bond donors (Lipinski definition) is 9. The standard InChI is InChI=1S/C55H83N9O14/c1-37(2)43-31-42(8-9-45(43)59-46(52-47(74-3)6-5-7-48(52)75-4)32-44(56)53(71)60-55(54(72)73)40-27-38-26-39(29-40)30-41(55)28-38)57-10-21-76-24-25-77-22-11-58-49(66)33-62-14-12-61(20-23-78-36-65)13-15-63(34-50(67)68)18-19-64(17-16-62)35-51(69)70/h5-9,31-32,37-41,56-57,59,65H,10-30,33-36H2,1-4H3,(H,58,66)(H,60,71)(H,67,68)(H,69,70)(H,72,73)/b46-32-,56-44?. The molecule has 78 heavy (non-hydrogen) atoms. The number of amides is 2. The van der Waals surface area contributed by atoms with E-state index in [1.54, 1.807) is 28.0 Å². The van der Waals surface area contributed by atoms with Crippen molar-refractivity contribution < 1.29 is 68.1 Å². The molecule has 23 nitrogen and oxygen atoms in total. The van der Waals surface area contributed by atoms with Crippen LogP contribution in [-0.4, -0.2) is 227 Å². The number of rotatable bonds is 30. The zero-order chi connectivity index (χ0) is 56.2. The van der Waals surface area contributed by atoms with E-state index in [9.17, 15) is 39.3 Å². The first-order valence-electron chi connectivity index (χ1n) is 27.2. The van der Waals surface area contributed by atoms with Gasteiger partial charge in [0.15, 0.2) is 0 Å². The number of nitrogens with one attached hydrogen (secondary N) is 5. The van der Waals surface area contributed by atoms with Gasteiger partial charge in [0, 0.05) is 83.4 Å². The SMILES string of the molecule is COc1cccc(OC)c1/C(=C/C(=N)C(=O)NC1(C(=O)O)C2CC3CC(C2)CC1C3)Nc1ccc(NCCOCCOCCNC(=O)CN2CCN(CCOCO)CCN(CC(=O)O)CCN(CC(=O)O)CC2)cc1C(C)C. The van der Waals surface area contributed by atoms with E-state index < -0.39 is 41.9 Å². The highest BCUT2D eigenvalue weighted by molar-refractivity contribution is 6.43. The van der Waals surface area contributed by atoms with E-state index >= 15 is 0 Å². The highest BCUT2D eigenvalue weighted by Crippen LogP contribution is 2.58. The molecule has 0 atom stereocenters. The van der Waals surface area contributed by atoms with E-state index in [0.29, 0.717) is 120 Å². The predicted octanol–water partition coefficient (Wildman–Crippen LogP) is 2.61. The summed E-state index contributed by atoms with van der Waals surface area (Å²) >= 11 is 0. The highest BCUT2D eigenvalue weighted by Gasteiger charge is 2.62. The van der Waals surface area contributed by atoms with Gasteiger partial charge in [0.25, 0.3) is 5.91 Å². The molecule has 1 saturated heterocycles. The van der Waals surface area contributed by atoms with Crippen LogP contribution in [0.25, 0.3) is 5.70 Å². The monoisotopic (exact) mass is 1090 g/mol. The molecule has 5 aliphatic rings. The van der Waals surface area contributed by atoms with E-state index in [-0.39, 0.29) is 63.1 Å². The molecule has 2 aromatic carbocycles. The van der Waals surface area contributed by atoms with Gasteiger partial charge >= 0.3 is 17.9 Å². The van der Waals surface area contributed by atoms with Crippen molar-refractivity contribution in [2.45, 2.75) is 57.4 Å². The maximum atomic E-state index is 14.0. The van der Waals surface area contributed by atoms with Gasteiger partial charge in [-0.1, -0.05) is 19.9 Å². The molecule has 4 bridgehead atoms. The minimum Gasteiger partial charge on any atom is -0.496 e. The van der Waals surface area contributed by atoms with Crippen molar-refractivity contribution in [2.24, 2.45) is 23.7 Å². The number of aliphatic carboxylic acids is 3. The molecule has 1 heterocycles. The average molecular weight is 1090 g/mol. The average Bonchev–Trinajstić information content (AvgIpc) is 3.58. The van der Waals surface area contributed by atoms with E-state index in [1.807, 2.05) is 23.1 Å². The number of nitrogens with zero attached hydrogens (tertiary/aromatic N) is 4. The van der Waals surface area contributed by atoms with Crippen LogP contribution in [0.2, 0.25) is 0 Å². The Morgan fingerprint density at radius 2 is 1.24 bits per heavy atom. The Balaban J connectivity index is 0.973. The molecular formula is C55H83N9O14. The summed E-state index contributed by atoms with van der Waals surface area (Å²) in [6.07, 6.45) is 5.60. The lowest BCUT2D eigenvalue weighted by molar-refractivity contribution is -0.166.